The van der Waals surface area contributed by atoms with Gasteiger partial charge in [-0.05, 0) is 36.8 Å². The van der Waals surface area contributed by atoms with E-state index >= 15 is 0 Å². The van der Waals surface area contributed by atoms with E-state index in [9.17, 15) is 0 Å². The molecule has 2 heterocycles. The molecule has 4 rings (SSSR count). The van der Waals surface area contributed by atoms with Crippen molar-refractivity contribution in [2.75, 3.05) is 5.43 Å². The van der Waals surface area contributed by atoms with Crippen molar-refractivity contribution in [3.8, 4) is 0 Å². The number of furan rings is 1. The van der Waals surface area contributed by atoms with Crippen LogP contribution in [0.4, 0.5) is 5.82 Å². The standard InChI is InChI=1S/C18H13BrN4O/c1-11(12-6-8-13(19)9-7-12)22-23-18-17-16(20-10-21-18)14-4-2-3-5-15(14)24-17/h2-10H,1H3,(H,20,21,23)/b22-11-. The van der Waals surface area contributed by atoms with Gasteiger partial charge in [0, 0.05) is 9.86 Å². The van der Waals surface area contributed by atoms with Gasteiger partial charge in [-0.25, -0.2) is 9.97 Å². The first-order valence-electron chi connectivity index (χ1n) is 7.41. The van der Waals surface area contributed by atoms with Crippen LogP contribution in [0, 0.1) is 0 Å². The predicted octanol–water partition coefficient (Wildman–Crippen LogP) is 4.97. The molecule has 0 radical (unpaired) electrons. The molecule has 4 aromatic rings. The van der Waals surface area contributed by atoms with E-state index in [0.29, 0.717) is 11.4 Å². The van der Waals surface area contributed by atoms with Crippen LogP contribution in [0.15, 0.2) is 68.8 Å². The van der Waals surface area contributed by atoms with Crippen molar-refractivity contribution in [1.82, 2.24) is 9.97 Å². The molecule has 0 saturated carbocycles. The van der Waals surface area contributed by atoms with Gasteiger partial charge in [0.05, 0.1) is 5.71 Å². The molecule has 2 aromatic carbocycles. The molecule has 0 aliphatic carbocycles. The van der Waals surface area contributed by atoms with E-state index in [1.54, 1.807) is 0 Å². The third kappa shape index (κ3) is 2.65. The zero-order chi connectivity index (χ0) is 16.5. The third-order valence-corrected chi connectivity index (χ3v) is 4.28. The fourth-order valence-corrected chi connectivity index (χ4v) is 2.76. The maximum atomic E-state index is 5.87. The number of halogens is 1. The summed E-state index contributed by atoms with van der Waals surface area (Å²) in [4.78, 5) is 8.58. The lowest BCUT2D eigenvalue weighted by Gasteiger charge is -2.03. The predicted molar refractivity (Wildman–Crippen MR) is 99.3 cm³/mol. The number of benzene rings is 2. The van der Waals surface area contributed by atoms with E-state index in [-0.39, 0.29) is 0 Å². The fraction of sp³-hybridized carbons (Fsp3) is 0.0556. The number of aromatic nitrogens is 2. The first kappa shape index (κ1) is 14.8. The number of hydrogen-bond donors (Lipinski definition) is 1. The van der Waals surface area contributed by atoms with E-state index in [0.717, 1.165) is 32.2 Å². The topological polar surface area (TPSA) is 63.3 Å². The fourth-order valence-electron chi connectivity index (χ4n) is 2.50. The summed E-state index contributed by atoms with van der Waals surface area (Å²) in [5.74, 6) is 0.549. The van der Waals surface area contributed by atoms with Gasteiger partial charge in [0.15, 0.2) is 11.4 Å². The number of nitrogens with zero attached hydrogens (tertiary/aromatic N) is 3. The molecule has 118 valence electrons. The lowest BCUT2D eigenvalue weighted by molar-refractivity contribution is 0.667. The normalized spacial score (nSPS) is 12.0. The van der Waals surface area contributed by atoms with Crippen molar-refractivity contribution < 1.29 is 4.42 Å². The van der Waals surface area contributed by atoms with Crippen LogP contribution < -0.4 is 5.43 Å². The van der Waals surface area contributed by atoms with Crippen LogP contribution >= 0.6 is 15.9 Å². The summed E-state index contributed by atoms with van der Waals surface area (Å²) >= 11 is 3.43. The van der Waals surface area contributed by atoms with Crippen molar-refractivity contribution in [3.05, 3.63) is 64.9 Å². The second kappa shape index (κ2) is 6.05. The molecule has 0 atom stereocenters. The summed E-state index contributed by atoms with van der Waals surface area (Å²) in [6.07, 6.45) is 1.51. The molecule has 0 saturated heterocycles. The van der Waals surface area contributed by atoms with Crippen LogP contribution in [0.2, 0.25) is 0 Å². The van der Waals surface area contributed by atoms with Crippen LogP contribution in [-0.4, -0.2) is 15.7 Å². The average Bonchev–Trinajstić information content (AvgIpc) is 2.99. The number of anilines is 1. The van der Waals surface area contributed by atoms with Gasteiger partial charge in [-0.1, -0.05) is 40.2 Å². The Morgan fingerprint density at radius 3 is 2.71 bits per heavy atom. The van der Waals surface area contributed by atoms with Gasteiger partial charge in [-0.2, -0.15) is 5.10 Å². The molecule has 24 heavy (non-hydrogen) atoms. The molecule has 1 N–H and O–H groups in total. The Morgan fingerprint density at radius 2 is 1.88 bits per heavy atom. The minimum atomic E-state index is 0.549. The Balaban J connectivity index is 1.72. The molecule has 0 unspecified atom stereocenters. The summed E-state index contributed by atoms with van der Waals surface area (Å²) in [5.41, 5.74) is 7.04. The Morgan fingerprint density at radius 1 is 1.08 bits per heavy atom. The molecule has 0 aliphatic rings. The minimum absolute atomic E-state index is 0.549. The maximum absolute atomic E-state index is 5.87. The van der Waals surface area contributed by atoms with Crippen LogP contribution in [0.1, 0.15) is 12.5 Å². The van der Waals surface area contributed by atoms with E-state index in [1.807, 2.05) is 55.5 Å². The van der Waals surface area contributed by atoms with Crippen molar-refractivity contribution in [2.24, 2.45) is 5.10 Å². The Kier molecular flexibility index (Phi) is 3.74. The lowest BCUT2D eigenvalue weighted by Crippen LogP contribution is -2.01. The number of rotatable bonds is 3. The van der Waals surface area contributed by atoms with Gasteiger partial charge in [0.1, 0.15) is 17.4 Å². The van der Waals surface area contributed by atoms with E-state index < -0.39 is 0 Å². The van der Waals surface area contributed by atoms with Crippen molar-refractivity contribution in [1.29, 1.82) is 0 Å². The highest BCUT2D eigenvalue weighted by Gasteiger charge is 2.12. The van der Waals surface area contributed by atoms with Gasteiger partial charge in [0.25, 0.3) is 0 Å². The molecular formula is C18H13BrN4O. The van der Waals surface area contributed by atoms with Crippen LogP contribution in [0.5, 0.6) is 0 Å². The van der Waals surface area contributed by atoms with Crippen molar-refractivity contribution >= 4 is 49.5 Å². The zero-order valence-corrected chi connectivity index (χ0v) is 14.4. The van der Waals surface area contributed by atoms with Crippen LogP contribution in [0.25, 0.3) is 22.1 Å². The number of nitrogens with one attached hydrogen (secondary N) is 1. The van der Waals surface area contributed by atoms with E-state index in [2.05, 4.69) is 36.4 Å². The van der Waals surface area contributed by atoms with Gasteiger partial charge in [0.2, 0.25) is 0 Å². The SMILES string of the molecule is C/C(=N/Nc1ncnc2c1oc1ccccc12)c1ccc(Br)cc1. The molecule has 0 aliphatic heterocycles. The molecule has 0 amide bonds. The summed E-state index contributed by atoms with van der Waals surface area (Å²) in [6.45, 7) is 1.94. The van der Waals surface area contributed by atoms with Gasteiger partial charge in [-0.15, -0.1) is 0 Å². The molecule has 2 aromatic heterocycles. The van der Waals surface area contributed by atoms with E-state index in [4.69, 9.17) is 4.42 Å². The Hall–Kier alpha value is -2.73. The smallest absolute Gasteiger partial charge is 0.197 e. The Labute approximate surface area is 146 Å². The number of para-hydroxylation sites is 1. The number of fused-ring (bicyclic) bond motifs is 3. The largest absolute Gasteiger partial charge is 0.450 e. The number of hydrazone groups is 1. The summed E-state index contributed by atoms with van der Waals surface area (Å²) in [5, 5.41) is 5.38. The highest BCUT2D eigenvalue weighted by atomic mass is 79.9. The zero-order valence-electron chi connectivity index (χ0n) is 12.8. The average molecular weight is 381 g/mol. The maximum Gasteiger partial charge on any atom is 0.197 e. The summed E-state index contributed by atoms with van der Waals surface area (Å²) in [6, 6.07) is 15.8. The molecule has 6 heteroatoms. The summed E-state index contributed by atoms with van der Waals surface area (Å²) < 4.78 is 6.91. The minimum Gasteiger partial charge on any atom is -0.450 e. The second-order valence-electron chi connectivity index (χ2n) is 5.31. The molecule has 5 nitrogen and oxygen atoms in total. The molecule has 0 fully saturated rings. The first-order valence-corrected chi connectivity index (χ1v) is 8.20. The van der Waals surface area contributed by atoms with Crippen molar-refractivity contribution in [2.45, 2.75) is 6.92 Å². The van der Waals surface area contributed by atoms with Gasteiger partial charge in [-0.3, -0.25) is 5.43 Å². The van der Waals surface area contributed by atoms with Crippen molar-refractivity contribution in [3.63, 3.8) is 0 Å². The number of hydrogen-bond acceptors (Lipinski definition) is 5. The summed E-state index contributed by atoms with van der Waals surface area (Å²) in [7, 11) is 0. The monoisotopic (exact) mass is 380 g/mol. The second-order valence-corrected chi connectivity index (χ2v) is 6.23. The molecule has 0 spiro atoms. The highest BCUT2D eigenvalue weighted by molar-refractivity contribution is 9.10. The van der Waals surface area contributed by atoms with Gasteiger partial charge >= 0.3 is 0 Å². The van der Waals surface area contributed by atoms with Crippen LogP contribution in [0.3, 0.4) is 0 Å². The highest BCUT2D eigenvalue weighted by Crippen LogP contribution is 2.30. The van der Waals surface area contributed by atoms with Gasteiger partial charge < -0.3 is 4.42 Å². The lowest BCUT2D eigenvalue weighted by atomic mass is 10.1. The van der Waals surface area contributed by atoms with Crippen LogP contribution in [-0.2, 0) is 0 Å². The first-order chi connectivity index (χ1) is 11.7. The molecule has 0 bridgehead atoms. The van der Waals surface area contributed by atoms with E-state index in [1.165, 1.54) is 6.33 Å². The Bertz CT molecular complexity index is 1050. The third-order valence-electron chi connectivity index (χ3n) is 3.75. The molecular weight excluding hydrogens is 368 g/mol. The quantitative estimate of drug-likeness (QED) is 0.402.